The van der Waals surface area contributed by atoms with Gasteiger partial charge in [-0.05, 0) is 50.9 Å². The Bertz CT molecular complexity index is 292. The van der Waals surface area contributed by atoms with Crippen LogP contribution in [-0.2, 0) is 4.79 Å². The van der Waals surface area contributed by atoms with Crippen LogP contribution in [0.5, 0.6) is 0 Å². The molecule has 3 nitrogen and oxygen atoms in total. The molecular formula is C16H30N2O. The van der Waals surface area contributed by atoms with E-state index in [2.05, 4.69) is 11.8 Å². The highest BCUT2D eigenvalue weighted by molar-refractivity contribution is 5.76. The zero-order valence-corrected chi connectivity index (χ0v) is 12.4. The van der Waals surface area contributed by atoms with E-state index in [1.165, 1.54) is 38.5 Å². The first-order valence-electron chi connectivity index (χ1n) is 8.25. The van der Waals surface area contributed by atoms with Gasteiger partial charge < -0.3 is 10.6 Å². The number of carbonyl (C=O) groups excluding carboxylic acids is 1. The largest absolute Gasteiger partial charge is 0.340 e. The van der Waals surface area contributed by atoms with Crippen LogP contribution in [0.15, 0.2) is 0 Å². The van der Waals surface area contributed by atoms with E-state index >= 15 is 0 Å². The van der Waals surface area contributed by atoms with E-state index in [1.807, 2.05) is 0 Å². The van der Waals surface area contributed by atoms with Gasteiger partial charge in [0.1, 0.15) is 0 Å². The smallest absolute Gasteiger partial charge is 0.222 e. The molecule has 1 saturated heterocycles. The van der Waals surface area contributed by atoms with E-state index in [9.17, 15) is 4.79 Å². The Balaban J connectivity index is 1.76. The van der Waals surface area contributed by atoms with Crippen LogP contribution in [0.1, 0.15) is 71.1 Å². The number of hydrogen-bond donors (Lipinski definition) is 1. The topological polar surface area (TPSA) is 46.3 Å². The highest BCUT2D eigenvalue weighted by Gasteiger charge is 2.26. The minimum atomic E-state index is 0.382. The van der Waals surface area contributed by atoms with Crippen molar-refractivity contribution >= 4 is 5.91 Å². The van der Waals surface area contributed by atoms with Crippen LogP contribution in [0.3, 0.4) is 0 Å². The van der Waals surface area contributed by atoms with Crippen LogP contribution in [-0.4, -0.2) is 29.4 Å². The maximum absolute atomic E-state index is 12.4. The molecule has 2 N–H and O–H groups in total. The Kier molecular flexibility index (Phi) is 5.68. The summed E-state index contributed by atoms with van der Waals surface area (Å²) in [5.41, 5.74) is 6.02. The van der Waals surface area contributed by atoms with Crippen LogP contribution in [0.25, 0.3) is 0 Å². The molecule has 0 aromatic carbocycles. The van der Waals surface area contributed by atoms with Crippen molar-refractivity contribution in [3.63, 3.8) is 0 Å². The summed E-state index contributed by atoms with van der Waals surface area (Å²) >= 11 is 0. The van der Waals surface area contributed by atoms with Crippen molar-refractivity contribution in [3.8, 4) is 0 Å². The second kappa shape index (κ2) is 7.28. The third kappa shape index (κ3) is 4.20. The van der Waals surface area contributed by atoms with Crippen LogP contribution >= 0.6 is 0 Å². The predicted octanol–water partition coefficient (Wildman–Crippen LogP) is 3.08. The van der Waals surface area contributed by atoms with Crippen molar-refractivity contribution < 1.29 is 4.79 Å². The third-order valence-corrected chi connectivity index (χ3v) is 5.01. The first-order valence-corrected chi connectivity index (χ1v) is 8.25. The first kappa shape index (κ1) is 14.8. The molecular weight excluding hydrogens is 236 g/mol. The lowest BCUT2D eigenvalue weighted by molar-refractivity contribution is -0.135. The van der Waals surface area contributed by atoms with Crippen molar-refractivity contribution in [1.82, 2.24) is 4.90 Å². The summed E-state index contributed by atoms with van der Waals surface area (Å²) in [6.07, 6.45) is 11.4. The average Bonchev–Trinajstić information content (AvgIpc) is 2.45. The van der Waals surface area contributed by atoms with Gasteiger partial charge in [0.25, 0.3) is 0 Å². The fourth-order valence-electron chi connectivity index (χ4n) is 3.82. The number of nitrogens with two attached hydrogens (primary N) is 1. The number of rotatable bonds is 4. The molecule has 3 atom stereocenters. The molecule has 19 heavy (non-hydrogen) atoms. The molecule has 2 aliphatic rings. The van der Waals surface area contributed by atoms with Gasteiger partial charge in [0, 0.05) is 25.0 Å². The zero-order valence-electron chi connectivity index (χ0n) is 12.4. The second-order valence-electron chi connectivity index (χ2n) is 6.48. The van der Waals surface area contributed by atoms with Crippen LogP contribution in [0.2, 0.25) is 0 Å². The van der Waals surface area contributed by atoms with Crippen LogP contribution in [0.4, 0.5) is 0 Å². The number of likely N-dealkylation sites (tertiary alicyclic amines) is 1. The quantitative estimate of drug-likeness (QED) is 0.850. The minimum absolute atomic E-state index is 0.382. The van der Waals surface area contributed by atoms with Gasteiger partial charge in [0.15, 0.2) is 0 Å². The van der Waals surface area contributed by atoms with Crippen molar-refractivity contribution in [2.45, 2.75) is 83.2 Å². The normalized spacial score (nSPS) is 32.3. The Hall–Kier alpha value is -0.570. The summed E-state index contributed by atoms with van der Waals surface area (Å²) in [5, 5.41) is 0. The molecule has 2 rings (SSSR count). The molecule has 110 valence electrons. The summed E-state index contributed by atoms with van der Waals surface area (Å²) in [4.78, 5) is 14.5. The zero-order chi connectivity index (χ0) is 13.7. The van der Waals surface area contributed by atoms with E-state index in [0.717, 1.165) is 32.2 Å². The number of carbonyl (C=O) groups is 1. The van der Waals surface area contributed by atoms with Gasteiger partial charge >= 0.3 is 0 Å². The molecule has 1 heterocycles. The molecule has 0 spiro atoms. The minimum Gasteiger partial charge on any atom is -0.340 e. The predicted molar refractivity (Wildman–Crippen MR) is 78.8 cm³/mol. The van der Waals surface area contributed by atoms with Gasteiger partial charge in [-0.15, -0.1) is 0 Å². The second-order valence-corrected chi connectivity index (χ2v) is 6.48. The molecule has 3 unspecified atom stereocenters. The molecule has 1 aliphatic heterocycles. The van der Waals surface area contributed by atoms with Gasteiger partial charge in [-0.1, -0.05) is 19.8 Å². The molecule has 0 bridgehead atoms. The highest BCUT2D eigenvalue weighted by Crippen LogP contribution is 2.28. The Morgan fingerprint density at radius 1 is 1.21 bits per heavy atom. The number of amides is 1. The van der Waals surface area contributed by atoms with Gasteiger partial charge in [0.2, 0.25) is 5.91 Å². The van der Waals surface area contributed by atoms with Gasteiger partial charge in [-0.2, -0.15) is 0 Å². The van der Waals surface area contributed by atoms with Crippen LogP contribution < -0.4 is 5.73 Å². The molecule has 0 radical (unpaired) electrons. The summed E-state index contributed by atoms with van der Waals surface area (Å²) in [7, 11) is 0. The molecule has 0 aromatic rings. The van der Waals surface area contributed by atoms with Crippen LogP contribution in [0, 0.1) is 5.92 Å². The van der Waals surface area contributed by atoms with Crippen molar-refractivity contribution in [1.29, 1.82) is 0 Å². The molecule has 0 aromatic heterocycles. The maximum Gasteiger partial charge on any atom is 0.222 e. The van der Waals surface area contributed by atoms with E-state index in [4.69, 9.17) is 5.73 Å². The van der Waals surface area contributed by atoms with E-state index in [1.54, 1.807) is 0 Å². The number of hydrogen-bond acceptors (Lipinski definition) is 2. The van der Waals surface area contributed by atoms with Gasteiger partial charge in [-0.3, -0.25) is 4.79 Å². The summed E-state index contributed by atoms with van der Waals surface area (Å²) < 4.78 is 0. The molecule has 1 saturated carbocycles. The lowest BCUT2D eigenvalue weighted by Gasteiger charge is -2.36. The van der Waals surface area contributed by atoms with Crippen molar-refractivity contribution in [3.05, 3.63) is 0 Å². The summed E-state index contributed by atoms with van der Waals surface area (Å²) in [5.74, 6) is 1.09. The van der Waals surface area contributed by atoms with Crippen molar-refractivity contribution in [2.75, 3.05) is 6.54 Å². The van der Waals surface area contributed by atoms with E-state index < -0.39 is 0 Å². The molecule has 1 amide bonds. The lowest BCUT2D eigenvalue weighted by Crippen LogP contribution is -2.43. The van der Waals surface area contributed by atoms with Crippen molar-refractivity contribution in [2.24, 2.45) is 11.7 Å². The molecule has 3 heteroatoms. The molecule has 1 aliphatic carbocycles. The summed E-state index contributed by atoms with van der Waals surface area (Å²) in [6, 6.07) is 0.891. The lowest BCUT2D eigenvalue weighted by atomic mass is 9.83. The first-order chi connectivity index (χ1) is 9.20. The standard InChI is InChI=1S/C16H30N2O/c1-2-15-8-3-4-11-18(15)16(19)10-9-13-6-5-7-14(17)12-13/h13-15H,2-12,17H2,1H3. The monoisotopic (exact) mass is 266 g/mol. The average molecular weight is 266 g/mol. The Morgan fingerprint density at radius 3 is 2.79 bits per heavy atom. The van der Waals surface area contributed by atoms with E-state index in [0.29, 0.717) is 23.9 Å². The third-order valence-electron chi connectivity index (χ3n) is 5.01. The number of piperidine rings is 1. The fourth-order valence-corrected chi connectivity index (χ4v) is 3.82. The maximum atomic E-state index is 12.4. The van der Waals surface area contributed by atoms with Gasteiger partial charge in [0.05, 0.1) is 0 Å². The summed E-state index contributed by atoms with van der Waals surface area (Å²) in [6.45, 7) is 3.19. The van der Waals surface area contributed by atoms with Gasteiger partial charge in [-0.25, -0.2) is 0 Å². The Labute approximate surface area is 117 Å². The highest BCUT2D eigenvalue weighted by atomic mass is 16.2. The SMILES string of the molecule is CCC1CCCCN1C(=O)CCC1CCCC(N)C1. The van der Waals surface area contributed by atoms with E-state index in [-0.39, 0.29) is 0 Å². The Morgan fingerprint density at radius 2 is 2.05 bits per heavy atom. The number of nitrogens with zero attached hydrogens (tertiary/aromatic N) is 1. The fraction of sp³-hybridized carbons (Fsp3) is 0.938. The molecule has 2 fully saturated rings.